The Hall–Kier alpha value is -0.410. The summed E-state index contributed by atoms with van der Waals surface area (Å²) in [5.41, 5.74) is 0.754. The molecule has 0 aromatic heterocycles. The van der Waals surface area contributed by atoms with E-state index in [4.69, 9.17) is 17.0 Å². The number of allylic oxidation sites excluding steroid dienone is 2. The third-order valence-electron chi connectivity index (χ3n) is 0.953. The van der Waals surface area contributed by atoms with Crippen molar-refractivity contribution in [1.82, 2.24) is 0 Å². The molecule has 0 aromatic rings. The van der Waals surface area contributed by atoms with Crippen molar-refractivity contribution in [2.45, 2.75) is 0 Å². The van der Waals surface area contributed by atoms with Gasteiger partial charge >= 0.3 is 0 Å². The van der Waals surface area contributed by atoms with Crippen molar-refractivity contribution in [2.24, 2.45) is 0 Å². The van der Waals surface area contributed by atoms with Crippen LogP contribution < -0.4 is 0 Å². The van der Waals surface area contributed by atoms with Gasteiger partial charge in [-0.2, -0.15) is 0 Å². The molecule has 0 heterocycles. The summed E-state index contributed by atoms with van der Waals surface area (Å²) in [5.74, 6) is 0. The Bertz CT molecular complexity index is 218. The molecule has 1 nitrogen and oxygen atoms in total. The zero-order valence-corrected chi connectivity index (χ0v) is 8.67. The van der Waals surface area contributed by atoms with Crippen molar-refractivity contribution >= 4 is 33.2 Å². The number of rotatable bonds is 3. The van der Waals surface area contributed by atoms with E-state index in [1.54, 1.807) is 12.2 Å². The van der Waals surface area contributed by atoms with Gasteiger partial charge in [-0.1, -0.05) is 35.2 Å². The summed E-state index contributed by atoms with van der Waals surface area (Å²) in [7, 11) is 1.52. The first-order chi connectivity index (χ1) is 5.11. The summed E-state index contributed by atoms with van der Waals surface area (Å²) < 4.78 is 5.58. The highest BCUT2D eigenvalue weighted by atomic mass is 79.9. The summed E-state index contributed by atoms with van der Waals surface area (Å²) in [4.78, 5) is 0. The first kappa shape index (κ1) is 10.6. The van der Waals surface area contributed by atoms with Crippen LogP contribution in [-0.4, -0.2) is 12.2 Å². The number of halogens is 1. The highest BCUT2D eigenvalue weighted by molar-refractivity contribution is 9.11. The Morgan fingerprint density at radius 1 is 1.64 bits per heavy atom. The smallest absolute Gasteiger partial charge is 0.190 e. The molecule has 0 aliphatic carbocycles. The second-order valence-corrected chi connectivity index (χ2v) is 3.13. The lowest BCUT2D eigenvalue weighted by molar-refractivity contribution is 0.416. The van der Waals surface area contributed by atoms with Gasteiger partial charge in [0.1, 0.15) is 0 Å². The van der Waals surface area contributed by atoms with Gasteiger partial charge in [0.15, 0.2) is 5.05 Å². The first-order valence-corrected chi connectivity index (χ1v) is 4.08. The zero-order valence-electron chi connectivity index (χ0n) is 6.26. The Morgan fingerprint density at radius 3 is 2.45 bits per heavy atom. The van der Waals surface area contributed by atoms with Gasteiger partial charge in [0.25, 0.3) is 0 Å². The van der Waals surface area contributed by atoms with Crippen LogP contribution in [0.5, 0.6) is 0 Å². The molecule has 0 radical (unpaired) electrons. The van der Waals surface area contributed by atoms with Crippen LogP contribution in [0.1, 0.15) is 0 Å². The van der Waals surface area contributed by atoms with Gasteiger partial charge in [-0.15, -0.1) is 0 Å². The molecule has 3 heteroatoms. The lowest BCUT2D eigenvalue weighted by Crippen LogP contribution is -1.98. The topological polar surface area (TPSA) is 9.23 Å². The van der Waals surface area contributed by atoms with Crippen LogP contribution >= 0.6 is 28.1 Å². The van der Waals surface area contributed by atoms with Crippen LogP contribution in [0.25, 0.3) is 0 Å². The van der Waals surface area contributed by atoms with Crippen molar-refractivity contribution < 1.29 is 4.74 Å². The monoisotopic (exact) mass is 232 g/mol. The molecule has 0 rings (SSSR count). The fourth-order valence-electron chi connectivity index (χ4n) is 0.488. The molecule has 0 saturated heterocycles. The van der Waals surface area contributed by atoms with E-state index in [2.05, 4.69) is 29.1 Å². The predicted molar refractivity (Wildman–Crippen MR) is 56.0 cm³/mol. The summed E-state index contributed by atoms with van der Waals surface area (Å²) >= 11 is 8.05. The summed E-state index contributed by atoms with van der Waals surface area (Å²) in [6, 6.07) is 0. The number of hydrogen-bond acceptors (Lipinski definition) is 2. The number of ether oxygens (including phenoxy) is 1. The van der Waals surface area contributed by atoms with Gasteiger partial charge in [-0.25, -0.2) is 0 Å². The van der Waals surface area contributed by atoms with Crippen molar-refractivity contribution in [2.75, 3.05) is 7.11 Å². The third kappa shape index (κ3) is 4.11. The molecule has 0 bridgehead atoms. The van der Waals surface area contributed by atoms with E-state index in [1.807, 2.05) is 0 Å². The van der Waals surface area contributed by atoms with Gasteiger partial charge < -0.3 is 4.74 Å². The van der Waals surface area contributed by atoms with Crippen LogP contribution in [0, 0.1) is 0 Å². The maximum atomic E-state index is 4.87. The van der Waals surface area contributed by atoms with Crippen LogP contribution in [0.3, 0.4) is 0 Å². The molecule has 0 atom stereocenters. The van der Waals surface area contributed by atoms with E-state index < -0.39 is 0 Å². The lowest BCUT2D eigenvalue weighted by atomic mass is 10.2. The second-order valence-electron chi connectivity index (χ2n) is 1.74. The predicted octanol–water partition coefficient (Wildman–Crippen LogP) is 2.98. The fourth-order valence-corrected chi connectivity index (χ4v) is 0.877. The zero-order chi connectivity index (χ0) is 8.85. The van der Waals surface area contributed by atoms with Crippen molar-refractivity contribution in [3.05, 3.63) is 35.4 Å². The van der Waals surface area contributed by atoms with E-state index in [1.165, 1.54) is 7.11 Å². The first-order valence-electron chi connectivity index (χ1n) is 2.88. The van der Waals surface area contributed by atoms with Crippen LogP contribution in [0.15, 0.2) is 35.4 Å². The molecule has 0 N–H and O–H groups in total. The molecule has 11 heavy (non-hydrogen) atoms. The van der Waals surface area contributed by atoms with E-state index in [0.717, 1.165) is 10.1 Å². The van der Waals surface area contributed by atoms with E-state index in [9.17, 15) is 0 Å². The molecular weight excluding hydrogens is 224 g/mol. The quantitative estimate of drug-likeness (QED) is 0.421. The number of methoxy groups -OCH3 is 1. The Balaban J connectivity index is 4.52. The Labute approximate surface area is 80.6 Å². The maximum Gasteiger partial charge on any atom is 0.190 e. The van der Waals surface area contributed by atoms with Crippen LogP contribution in [0.4, 0.5) is 0 Å². The Morgan fingerprint density at radius 2 is 2.18 bits per heavy atom. The minimum absolute atomic E-state index is 0.417. The molecule has 0 unspecified atom stereocenters. The fraction of sp³-hybridized carbons (Fsp3) is 0.125. The summed E-state index contributed by atoms with van der Waals surface area (Å²) in [6.45, 7) is 7.22. The average molecular weight is 233 g/mol. The van der Waals surface area contributed by atoms with Gasteiger partial charge in [0.05, 0.1) is 7.11 Å². The van der Waals surface area contributed by atoms with Gasteiger partial charge in [-0.3, -0.25) is 0 Å². The summed E-state index contributed by atoms with van der Waals surface area (Å²) in [5, 5.41) is 0.417. The number of hydrogen-bond donors (Lipinski definition) is 0. The van der Waals surface area contributed by atoms with Crippen LogP contribution in [0.2, 0.25) is 0 Å². The highest BCUT2D eigenvalue weighted by Gasteiger charge is 1.98. The second kappa shape index (κ2) is 5.27. The molecule has 0 aliphatic rings. The molecule has 0 aromatic carbocycles. The summed E-state index contributed by atoms with van der Waals surface area (Å²) in [6.07, 6.45) is 3.37. The SMILES string of the molecule is C=C/C(=C\C(=C)Br)C(=S)OC. The van der Waals surface area contributed by atoms with Gasteiger partial charge in [0, 0.05) is 10.1 Å². The van der Waals surface area contributed by atoms with E-state index in [-0.39, 0.29) is 0 Å². The lowest BCUT2D eigenvalue weighted by Gasteiger charge is -2.01. The molecule has 0 saturated carbocycles. The van der Waals surface area contributed by atoms with Gasteiger partial charge in [0.2, 0.25) is 0 Å². The molecule has 0 fully saturated rings. The minimum Gasteiger partial charge on any atom is -0.486 e. The highest BCUT2D eigenvalue weighted by Crippen LogP contribution is 2.09. The average Bonchev–Trinajstić information content (AvgIpc) is 1.98. The molecular formula is C8H9BrOS. The molecule has 0 amide bonds. The Kier molecular flexibility index (Phi) is 5.07. The van der Waals surface area contributed by atoms with E-state index in [0.29, 0.717) is 5.05 Å². The molecule has 0 spiro atoms. The van der Waals surface area contributed by atoms with Crippen molar-refractivity contribution in [1.29, 1.82) is 0 Å². The minimum atomic E-state index is 0.417. The van der Waals surface area contributed by atoms with Crippen LogP contribution in [-0.2, 0) is 4.74 Å². The maximum absolute atomic E-state index is 4.87. The third-order valence-corrected chi connectivity index (χ3v) is 1.58. The van der Waals surface area contributed by atoms with E-state index >= 15 is 0 Å². The largest absolute Gasteiger partial charge is 0.486 e. The standard InChI is InChI=1S/C8H9BrOS/c1-4-7(5-6(2)9)8(11)10-3/h4-5H,1-2H2,3H3/b7-5+. The van der Waals surface area contributed by atoms with Crippen molar-refractivity contribution in [3.63, 3.8) is 0 Å². The molecule has 60 valence electrons. The van der Waals surface area contributed by atoms with Gasteiger partial charge in [-0.05, 0) is 18.3 Å². The number of thiocarbonyl (C=S) groups is 1. The molecule has 0 aliphatic heterocycles. The van der Waals surface area contributed by atoms with Crippen molar-refractivity contribution in [3.8, 4) is 0 Å². The normalized spacial score (nSPS) is 10.5.